The maximum Gasteiger partial charge on any atom is 0.228 e. The number of nitrogens with one attached hydrogen (secondary N) is 1. The summed E-state index contributed by atoms with van der Waals surface area (Å²) in [6.45, 7) is 0. The van der Waals surface area contributed by atoms with Gasteiger partial charge in [0.15, 0.2) is 0 Å². The summed E-state index contributed by atoms with van der Waals surface area (Å²) < 4.78 is 0. The normalized spacial score (nSPS) is 22.6. The van der Waals surface area contributed by atoms with Crippen molar-refractivity contribution in [1.29, 1.82) is 5.26 Å². The molecule has 1 aliphatic heterocycles. The maximum atomic E-state index is 11.6. The van der Waals surface area contributed by atoms with E-state index in [0.29, 0.717) is 0 Å². The van der Waals surface area contributed by atoms with Crippen molar-refractivity contribution < 1.29 is 4.79 Å². The first-order valence-electron chi connectivity index (χ1n) is 5.61. The zero-order valence-corrected chi connectivity index (χ0v) is 10.8. The Morgan fingerprint density at radius 3 is 2.53 bits per heavy atom. The van der Waals surface area contributed by atoms with Gasteiger partial charge in [-0.25, -0.2) is 0 Å². The van der Waals surface area contributed by atoms with E-state index >= 15 is 0 Å². The first kappa shape index (κ1) is 13.1. The summed E-state index contributed by atoms with van der Waals surface area (Å²) in [5.41, 5.74) is 12.3. The van der Waals surface area contributed by atoms with Gasteiger partial charge in [0.2, 0.25) is 5.91 Å². The largest absolute Gasteiger partial charge is 0.384 e. The molecule has 19 heavy (non-hydrogen) atoms. The molecule has 0 radical (unpaired) electrons. The predicted molar refractivity (Wildman–Crippen MR) is 74.4 cm³/mol. The molecular weight excluding hydrogens is 260 g/mol. The summed E-state index contributed by atoms with van der Waals surface area (Å²) in [7, 11) is 0. The molecule has 0 saturated carbocycles. The third kappa shape index (κ3) is 2.28. The van der Waals surface area contributed by atoms with Crippen LogP contribution in [-0.4, -0.2) is 10.9 Å². The topological polar surface area (TPSA) is 105 Å². The van der Waals surface area contributed by atoms with Crippen molar-refractivity contribution in [2.75, 3.05) is 0 Å². The second-order valence-corrected chi connectivity index (χ2v) is 4.64. The molecule has 0 fully saturated rings. The first-order valence-corrected chi connectivity index (χ1v) is 6.02. The van der Waals surface area contributed by atoms with Crippen LogP contribution in [0.25, 0.3) is 0 Å². The lowest BCUT2D eigenvalue weighted by atomic mass is 9.78. The van der Waals surface area contributed by atoms with Crippen LogP contribution < -0.4 is 16.8 Å². The average Bonchev–Trinajstić information content (AvgIpc) is 2.38. The van der Waals surface area contributed by atoms with Crippen LogP contribution in [-0.2, 0) is 4.79 Å². The molecule has 2 rings (SSSR count). The zero-order valence-electron chi connectivity index (χ0n) is 9.96. The molecule has 0 aromatic heterocycles. The van der Waals surface area contributed by atoms with Gasteiger partial charge in [0.25, 0.3) is 0 Å². The Labute approximate surface area is 115 Å². The van der Waals surface area contributed by atoms with Gasteiger partial charge in [-0.1, -0.05) is 42.5 Å². The second-order valence-electron chi connectivity index (χ2n) is 4.20. The van der Waals surface area contributed by atoms with Crippen LogP contribution in [0.15, 0.2) is 41.7 Å². The SMILES string of the molecule is N#CC1=C(N)NC(=S)[C@H](C(N)=O)[C@H]1c1ccccc1. The fourth-order valence-corrected chi connectivity index (χ4v) is 2.57. The summed E-state index contributed by atoms with van der Waals surface area (Å²) in [5, 5.41) is 11.9. The van der Waals surface area contributed by atoms with Gasteiger partial charge in [0.1, 0.15) is 11.7 Å². The fraction of sp³-hybridized carbons (Fsp3) is 0.154. The highest BCUT2D eigenvalue weighted by molar-refractivity contribution is 7.80. The number of nitrogens with zero attached hydrogens (tertiary/aromatic N) is 1. The highest BCUT2D eigenvalue weighted by Gasteiger charge is 2.39. The number of primary amides is 1. The minimum absolute atomic E-state index is 0.179. The molecule has 0 spiro atoms. The van der Waals surface area contributed by atoms with E-state index in [1.807, 2.05) is 36.4 Å². The van der Waals surface area contributed by atoms with Crippen LogP contribution in [0.3, 0.4) is 0 Å². The monoisotopic (exact) mass is 272 g/mol. The van der Waals surface area contributed by atoms with Gasteiger partial charge in [0, 0.05) is 5.92 Å². The molecule has 1 aliphatic rings. The fourth-order valence-electron chi connectivity index (χ4n) is 2.21. The number of hydrogen-bond acceptors (Lipinski definition) is 4. The van der Waals surface area contributed by atoms with E-state index in [0.717, 1.165) is 5.56 Å². The molecule has 1 amide bonds. The van der Waals surface area contributed by atoms with Crippen molar-refractivity contribution in [2.24, 2.45) is 17.4 Å². The van der Waals surface area contributed by atoms with Crippen molar-refractivity contribution in [2.45, 2.75) is 5.92 Å². The lowest BCUT2D eigenvalue weighted by Gasteiger charge is -2.31. The number of carbonyl (C=O) groups excluding carboxylic acids is 1. The number of carbonyl (C=O) groups is 1. The van der Waals surface area contributed by atoms with Gasteiger partial charge in [-0.05, 0) is 5.56 Å². The van der Waals surface area contributed by atoms with Gasteiger partial charge in [-0.15, -0.1) is 0 Å². The molecule has 5 N–H and O–H groups in total. The molecule has 0 unspecified atom stereocenters. The molecule has 0 bridgehead atoms. The Hall–Kier alpha value is -2.39. The van der Waals surface area contributed by atoms with Crippen LogP contribution in [0, 0.1) is 17.2 Å². The zero-order chi connectivity index (χ0) is 14.0. The van der Waals surface area contributed by atoms with Crippen LogP contribution in [0.5, 0.6) is 0 Å². The smallest absolute Gasteiger partial charge is 0.228 e. The van der Waals surface area contributed by atoms with Crippen LogP contribution >= 0.6 is 12.2 Å². The van der Waals surface area contributed by atoms with E-state index in [2.05, 4.69) is 5.32 Å². The number of allylic oxidation sites excluding steroid dienone is 1. The third-order valence-electron chi connectivity index (χ3n) is 3.06. The lowest BCUT2D eigenvalue weighted by molar-refractivity contribution is -0.120. The number of rotatable bonds is 2. The highest BCUT2D eigenvalue weighted by Crippen LogP contribution is 2.35. The standard InChI is InChI=1S/C13H12N4OS/c14-6-8-9(7-4-2-1-3-5-7)10(12(16)18)13(19)17-11(8)15/h1-5,9-10H,15H2,(H2,16,18)(H,17,19)/t9-,10-/m0/s1. The van der Waals surface area contributed by atoms with Gasteiger partial charge in [-0.2, -0.15) is 5.26 Å². The van der Waals surface area contributed by atoms with Crippen molar-refractivity contribution in [3.8, 4) is 6.07 Å². The molecule has 6 heteroatoms. The van der Waals surface area contributed by atoms with E-state index in [-0.39, 0.29) is 16.4 Å². The number of nitriles is 1. The summed E-state index contributed by atoms with van der Waals surface area (Å²) in [6, 6.07) is 11.2. The van der Waals surface area contributed by atoms with Crippen molar-refractivity contribution in [1.82, 2.24) is 5.32 Å². The van der Waals surface area contributed by atoms with E-state index in [1.54, 1.807) is 0 Å². The summed E-state index contributed by atoms with van der Waals surface area (Å²) in [5.74, 6) is -1.69. The molecule has 0 aliphatic carbocycles. The number of hydrogen-bond donors (Lipinski definition) is 3. The van der Waals surface area contributed by atoms with Crippen LogP contribution in [0.4, 0.5) is 0 Å². The van der Waals surface area contributed by atoms with Crippen molar-refractivity contribution >= 4 is 23.1 Å². The average molecular weight is 272 g/mol. The Bertz CT molecular complexity index is 603. The maximum absolute atomic E-state index is 11.6. The lowest BCUT2D eigenvalue weighted by Crippen LogP contribution is -2.47. The van der Waals surface area contributed by atoms with E-state index in [9.17, 15) is 10.1 Å². The summed E-state index contributed by atoms with van der Waals surface area (Å²) in [4.78, 5) is 11.9. The van der Waals surface area contributed by atoms with Gasteiger partial charge >= 0.3 is 0 Å². The van der Waals surface area contributed by atoms with Gasteiger partial charge in [-0.3, -0.25) is 4.79 Å². The Morgan fingerprint density at radius 1 is 1.37 bits per heavy atom. The Balaban J connectivity index is 2.61. The molecule has 0 saturated heterocycles. The van der Waals surface area contributed by atoms with Gasteiger partial charge in [0.05, 0.1) is 16.6 Å². The Kier molecular flexibility index (Phi) is 3.49. The molecule has 5 nitrogen and oxygen atoms in total. The molecular formula is C13H12N4OS. The number of thiocarbonyl (C=S) groups is 1. The highest BCUT2D eigenvalue weighted by atomic mass is 32.1. The number of amides is 1. The van der Waals surface area contributed by atoms with Crippen LogP contribution in [0.2, 0.25) is 0 Å². The number of benzene rings is 1. The van der Waals surface area contributed by atoms with Crippen LogP contribution in [0.1, 0.15) is 11.5 Å². The first-order chi connectivity index (χ1) is 9.06. The minimum atomic E-state index is -0.764. The number of nitrogens with two attached hydrogens (primary N) is 2. The van der Waals surface area contributed by atoms with E-state index in [4.69, 9.17) is 23.7 Å². The second kappa shape index (κ2) is 5.08. The summed E-state index contributed by atoms with van der Waals surface area (Å²) in [6.07, 6.45) is 0. The minimum Gasteiger partial charge on any atom is -0.384 e. The van der Waals surface area contributed by atoms with E-state index < -0.39 is 17.7 Å². The Morgan fingerprint density at radius 2 is 2.00 bits per heavy atom. The van der Waals surface area contributed by atoms with Crippen molar-refractivity contribution in [3.05, 3.63) is 47.3 Å². The van der Waals surface area contributed by atoms with Crippen molar-refractivity contribution in [3.63, 3.8) is 0 Å². The summed E-state index contributed by atoms with van der Waals surface area (Å²) >= 11 is 5.12. The molecule has 2 atom stereocenters. The van der Waals surface area contributed by atoms with Gasteiger partial charge < -0.3 is 16.8 Å². The third-order valence-corrected chi connectivity index (χ3v) is 3.42. The quantitative estimate of drug-likeness (QED) is 0.680. The molecule has 96 valence electrons. The predicted octanol–water partition coefficient (Wildman–Crippen LogP) is 0.496. The molecule has 1 aromatic rings. The molecule has 1 aromatic carbocycles. The molecule has 1 heterocycles. The van der Waals surface area contributed by atoms with E-state index in [1.165, 1.54) is 0 Å².